The summed E-state index contributed by atoms with van der Waals surface area (Å²) in [4.78, 5) is 0.220. The molecule has 2 atom stereocenters. The molecule has 2 unspecified atom stereocenters. The number of nitrogens with zero attached hydrogens (tertiary/aromatic N) is 1. The van der Waals surface area contributed by atoms with Gasteiger partial charge in [0.25, 0.3) is 0 Å². The molecule has 0 saturated carbocycles. The van der Waals surface area contributed by atoms with Gasteiger partial charge in [0.05, 0.1) is 11.1 Å². The maximum atomic E-state index is 12.2. The predicted octanol–water partition coefficient (Wildman–Crippen LogP) is 1.47. The minimum atomic E-state index is -3.56. The molecule has 2 rings (SSSR count). The molecule has 0 spiro atoms. The van der Waals surface area contributed by atoms with Gasteiger partial charge < -0.3 is 5.73 Å². The van der Waals surface area contributed by atoms with Gasteiger partial charge in [0.1, 0.15) is 0 Å². The van der Waals surface area contributed by atoms with Crippen molar-refractivity contribution in [3.8, 4) is 0 Å². The second kappa shape index (κ2) is 5.74. The van der Waals surface area contributed by atoms with E-state index in [1.54, 1.807) is 43.6 Å². The normalized spacial score (nSPS) is 14.9. The van der Waals surface area contributed by atoms with Crippen molar-refractivity contribution >= 4 is 10.0 Å². The van der Waals surface area contributed by atoms with Crippen molar-refractivity contribution in [3.63, 3.8) is 0 Å². The Morgan fingerprint density at radius 1 is 1.20 bits per heavy atom. The fourth-order valence-corrected chi connectivity index (χ4v) is 3.05. The number of nitrogens with one attached hydrogen (secondary N) is 2. The molecule has 0 aliphatic rings. The van der Waals surface area contributed by atoms with E-state index >= 15 is 0 Å². The predicted molar refractivity (Wildman–Crippen MR) is 76.4 cm³/mol. The first-order valence-corrected chi connectivity index (χ1v) is 7.75. The fraction of sp³-hybridized carbons (Fsp3) is 0.308. The van der Waals surface area contributed by atoms with Crippen LogP contribution in [0.4, 0.5) is 0 Å². The van der Waals surface area contributed by atoms with Crippen molar-refractivity contribution in [1.82, 2.24) is 14.9 Å². The minimum Gasteiger partial charge on any atom is -0.324 e. The van der Waals surface area contributed by atoms with E-state index in [1.165, 1.54) is 0 Å². The summed E-state index contributed by atoms with van der Waals surface area (Å²) < 4.78 is 27.1. The van der Waals surface area contributed by atoms with Crippen molar-refractivity contribution in [1.29, 1.82) is 0 Å². The van der Waals surface area contributed by atoms with Gasteiger partial charge in [-0.25, -0.2) is 13.1 Å². The molecule has 108 valence electrons. The molecule has 0 aliphatic carbocycles. The molecule has 0 aliphatic heterocycles. The maximum absolute atomic E-state index is 12.2. The van der Waals surface area contributed by atoms with Gasteiger partial charge in [0.15, 0.2) is 0 Å². The highest BCUT2D eigenvalue weighted by Crippen LogP contribution is 2.18. The van der Waals surface area contributed by atoms with E-state index in [0.29, 0.717) is 0 Å². The standard InChI is InChI=1S/C13H18N4O2S/c1-9(14)11-3-5-13(6-4-11)20(18,19)17-10(2)12-7-15-16-8-12/h3-10,17H,14H2,1-2H3,(H,15,16). The molecule has 0 amide bonds. The molecule has 1 aromatic carbocycles. The van der Waals surface area contributed by atoms with Crippen LogP contribution in [-0.2, 0) is 10.0 Å². The molecule has 1 heterocycles. The Bertz CT molecular complexity index is 648. The van der Waals surface area contributed by atoms with Gasteiger partial charge in [0, 0.05) is 23.8 Å². The Hall–Kier alpha value is -1.70. The van der Waals surface area contributed by atoms with Crippen LogP contribution < -0.4 is 10.5 Å². The summed E-state index contributed by atoms with van der Waals surface area (Å²) in [5.74, 6) is 0. The number of benzene rings is 1. The number of hydrogen-bond donors (Lipinski definition) is 3. The topological polar surface area (TPSA) is 101 Å². The number of H-pyrrole nitrogens is 1. The van der Waals surface area contributed by atoms with Gasteiger partial charge in [-0.1, -0.05) is 12.1 Å². The Morgan fingerprint density at radius 3 is 2.35 bits per heavy atom. The summed E-state index contributed by atoms with van der Waals surface area (Å²) in [7, 11) is -3.56. The largest absolute Gasteiger partial charge is 0.324 e. The van der Waals surface area contributed by atoms with Crippen molar-refractivity contribution in [2.45, 2.75) is 30.8 Å². The SMILES string of the molecule is CC(N)c1ccc(S(=O)(=O)NC(C)c2cn[nH]c2)cc1. The molecule has 6 nitrogen and oxygen atoms in total. The lowest BCUT2D eigenvalue weighted by atomic mass is 10.1. The zero-order valence-corrected chi connectivity index (χ0v) is 12.2. The molecule has 1 aromatic heterocycles. The first-order valence-electron chi connectivity index (χ1n) is 6.26. The number of nitrogens with two attached hydrogens (primary N) is 1. The van der Waals surface area contributed by atoms with Gasteiger partial charge in [-0.05, 0) is 31.5 Å². The van der Waals surface area contributed by atoms with Crippen LogP contribution in [0.5, 0.6) is 0 Å². The molecule has 20 heavy (non-hydrogen) atoms. The quantitative estimate of drug-likeness (QED) is 0.777. The summed E-state index contributed by atoms with van der Waals surface area (Å²) in [6.07, 6.45) is 3.25. The second-order valence-corrected chi connectivity index (χ2v) is 6.45. The van der Waals surface area contributed by atoms with Crippen LogP contribution in [0, 0.1) is 0 Å². The molecule has 0 radical (unpaired) electrons. The van der Waals surface area contributed by atoms with Gasteiger partial charge in [-0.2, -0.15) is 5.10 Å². The van der Waals surface area contributed by atoms with Crippen LogP contribution in [0.15, 0.2) is 41.6 Å². The van der Waals surface area contributed by atoms with Gasteiger partial charge in [0.2, 0.25) is 10.0 Å². The number of rotatable bonds is 5. The van der Waals surface area contributed by atoms with E-state index in [9.17, 15) is 8.42 Å². The fourth-order valence-electron chi connectivity index (χ4n) is 1.82. The highest BCUT2D eigenvalue weighted by atomic mass is 32.2. The van der Waals surface area contributed by atoms with Crippen molar-refractivity contribution in [2.24, 2.45) is 5.73 Å². The Kier molecular flexibility index (Phi) is 4.22. The molecule has 7 heteroatoms. The van der Waals surface area contributed by atoms with Crippen LogP contribution in [0.25, 0.3) is 0 Å². The number of hydrogen-bond acceptors (Lipinski definition) is 4. The van der Waals surface area contributed by atoms with Crippen molar-refractivity contribution in [2.75, 3.05) is 0 Å². The molecule has 4 N–H and O–H groups in total. The summed E-state index contributed by atoms with van der Waals surface area (Å²) in [5, 5.41) is 6.46. The third-order valence-electron chi connectivity index (χ3n) is 3.07. The average molecular weight is 294 g/mol. The Labute approximate surface area is 118 Å². The van der Waals surface area contributed by atoms with Gasteiger partial charge in [-0.15, -0.1) is 0 Å². The monoisotopic (exact) mass is 294 g/mol. The van der Waals surface area contributed by atoms with Crippen LogP contribution in [-0.4, -0.2) is 18.6 Å². The van der Waals surface area contributed by atoms with E-state index in [1.807, 2.05) is 6.92 Å². The number of aromatic amines is 1. The molecule has 0 fully saturated rings. The zero-order valence-electron chi connectivity index (χ0n) is 11.4. The summed E-state index contributed by atoms with van der Waals surface area (Å²) >= 11 is 0. The lowest BCUT2D eigenvalue weighted by Crippen LogP contribution is -2.26. The maximum Gasteiger partial charge on any atom is 0.241 e. The van der Waals surface area contributed by atoms with E-state index < -0.39 is 10.0 Å². The lowest BCUT2D eigenvalue weighted by Gasteiger charge is -2.13. The Balaban J connectivity index is 2.18. The number of aromatic nitrogens is 2. The van der Waals surface area contributed by atoms with Crippen LogP contribution in [0.2, 0.25) is 0 Å². The van der Waals surface area contributed by atoms with E-state index in [2.05, 4.69) is 14.9 Å². The molecule has 0 bridgehead atoms. The highest BCUT2D eigenvalue weighted by Gasteiger charge is 2.18. The molecular weight excluding hydrogens is 276 g/mol. The van der Waals surface area contributed by atoms with Crippen molar-refractivity contribution in [3.05, 3.63) is 47.8 Å². The minimum absolute atomic E-state index is 0.121. The van der Waals surface area contributed by atoms with Crippen LogP contribution in [0.1, 0.15) is 37.1 Å². The summed E-state index contributed by atoms with van der Waals surface area (Å²) in [6, 6.07) is 6.09. The average Bonchev–Trinajstić information content (AvgIpc) is 2.92. The van der Waals surface area contributed by atoms with E-state index in [-0.39, 0.29) is 17.0 Å². The third-order valence-corrected chi connectivity index (χ3v) is 4.62. The second-order valence-electron chi connectivity index (χ2n) is 4.73. The Morgan fingerprint density at radius 2 is 1.85 bits per heavy atom. The molecule has 2 aromatic rings. The number of sulfonamides is 1. The zero-order chi connectivity index (χ0) is 14.8. The van der Waals surface area contributed by atoms with Crippen molar-refractivity contribution < 1.29 is 8.42 Å². The van der Waals surface area contributed by atoms with Crippen LogP contribution in [0.3, 0.4) is 0 Å². The molecule has 0 saturated heterocycles. The highest BCUT2D eigenvalue weighted by molar-refractivity contribution is 7.89. The van der Waals surface area contributed by atoms with E-state index in [4.69, 9.17) is 5.73 Å². The van der Waals surface area contributed by atoms with E-state index in [0.717, 1.165) is 11.1 Å². The van der Waals surface area contributed by atoms with Gasteiger partial charge in [-0.3, -0.25) is 5.10 Å². The van der Waals surface area contributed by atoms with Gasteiger partial charge >= 0.3 is 0 Å². The lowest BCUT2D eigenvalue weighted by molar-refractivity contribution is 0.567. The first-order chi connectivity index (χ1) is 9.40. The molecular formula is C13H18N4O2S. The third kappa shape index (κ3) is 3.24. The smallest absolute Gasteiger partial charge is 0.241 e. The van der Waals surface area contributed by atoms with Crippen LogP contribution >= 0.6 is 0 Å². The summed E-state index contributed by atoms with van der Waals surface area (Å²) in [6.45, 7) is 3.61. The summed E-state index contributed by atoms with van der Waals surface area (Å²) in [5.41, 5.74) is 7.42. The first kappa shape index (κ1) is 14.7.